The van der Waals surface area contributed by atoms with Gasteiger partial charge in [0.25, 0.3) is 5.91 Å². The molecule has 0 aliphatic carbocycles. The lowest BCUT2D eigenvalue weighted by Gasteiger charge is -2.11. The van der Waals surface area contributed by atoms with E-state index in [0.29, 0.717) is 35.7 Å². The second-order valence-electron chi connectivity index (χ2n) is 8.41. The zero-order chi connectivity index (χ0) is 25.1. The lowest BCUT2D eigenvalue weighted by atomic mass is 9.97. The largest absolute Gasteiger partial charge is 0.493 e. The molecule has 0 radical (unpaired) electrons. The van der Waals surface area contributed by atoms with Gasteiger partial charge in [-0.2, -0.15) is 5.10 Å². The molecule has 2 heterocycles. The number of aromatic nitrogens is 2. The van der Waals surface area contributed by atoms with Crippen molar-refractivity contribution < 1.29 is 19.1 Å². The molecule has 3 aromatic carbocycles. The number of hydrogen-bond donors (Lipinski definition) is 2. The number of anilines is 1. The van der Waals surface area contributed by atoms with Crippen LogP contribution < -0.4 is 20.1 Å². The summed E-state index contributed by atoms with van der Waals surface area (Å²) in [6, 6.07) is 22.7. The molecule has 0 bridgehead atoms. The maximum atomic E-state index is 13.3. The molecule has 4 aromatic rings. The quantitative estimate of drug-likeness (QED) is 0.388. The highest BCUT2D eigenvalue weighted by Gasteiger charge is 2.30. The van der Waals surface area contributed by atoms with Crippen LogP contribution >= 0.6 is 0 Å². The van der Waals surface area contributed by atoms with Crippen molar-refractivity contribution in [3.63, 3.8) is 0 Å². The fourth-order valence-electron chi connectivity index (χ4n) is 4.44. The third-order valence-electron chi connectivity index (χ3n) is 6.27. The van der Waals surface area contributed by atoms with Gasteiger partial charge < -0.3 is 20.1 Å². The number of hydrogen-bond acceptors (Lipinski definition) is 5. The summed E-state index contributed by atoms with van der Waals surface area (Å²) in [5.41, 5.74) is 4.27. The molecule has 0 saturated carbocycles. The number of benzene rings is 3. The Kier molecular flexibility index (Phi) is 6.40. The Morgan fingerprint density at radius 1 is 1.00 bits per heavy atom. The van der Waals surface area contributed by atoms with Gasteiger partial charge in [-0.15, -0.1) is 0 Å². The average molecular weight is 483 g/mol. The number of amides is 2. The van der Waals surface area contributed by atoms with Gasteiger partial charge in [-0.1, -0.05) is 36.4 Å². The van der Waals surface area contributed by atoms with Crippen LogP contribution in [0, 0.1) is 0 Å². The number of nitrogens with zero attached hydrogens (tertiary/aromatic N) is 2. The molecule has 1 aliphatic heterocycles. The zero-order valence-electron chi connectivity index (χ0n) is 20.0. The molecule has 0 unspecified atom stereocenters. The Bertz CT molecular complexity index is 1410. The summed E-state index contributed by atoms with van der Waals surface area (Å²) < 4.78 is 12.5. The average Bonchev–Trinajstić information content (AvgIpc) is 3.50. The number of carbonyl (C=O) groups excluding carboxylic acids is 2. The third-order valence-corrected chi connectivity index (χ3v) is 6.27. The molecular formula is C28H26N4O4. The van der Waals surface area contributed by atoms with Crippen molar-refractivity contribution in [2.24, 2.45) is 0 Å². The van der Waals surface area contributed by atoms with Gasteiger partial charge in [-0.25, -0.2) is 4.68 Å². The number of ether oxygens (including phenoxy) is 2. The van der Waals surface area contributed by atoms with E-state index in [1.807, 2.05) is 60.7 Å². The molecule has 2 amide bonds. The van der Waals surface area contributed by atoms with Gasteiger partial charge in [0.2, 0.25) is 5.91 Å². The van der Waals surface area contributed by atoms with E-state index in [1.54, 1.807) is 37.2 Å². The number of rotatable bonds is 8. The second-order valence-corrected chi connectivity index (χ2v) is 8.41. The van der Waals surface area contributed by atoms with Gasteiger partial charge in [-0.3, -0.25) is 9.59 Å². The summed E-state index contributed by atoms with van der Waals surface area (Å²) in [5.74, 6) is 0.521. The fraction of sp³-hybridized carbons (Fsp3) is 0.179. The van der Waals surface area contributed by atoms with E-state index in [1.165, 1.54) is 0 Å². The van der Waals surface area contributed by atoms with E-state index in [9.17, 15) is 9.59 Å². The van der Waals surface area contributed by atoms with Gasteiger partial charge in [0, 0.05) is 24.0 Å². The molecule has 182 valence electrons. The predicted molar refractivity (Wildman–Crippen MR) is 137 cm³/mol. The normalized spacial score (nSPS) is 14.2. The summed E-state index contributed by atoms with van der Waals surface area (Å²) >= 11 is 0. The topological polar surface area (TPSA) is 94.5 Å². The summed E-state index contributed by atoms with van der Waals surface area (Å²) in [5, 5.41) is 10.6. The van der Waals surface area contributed by atoms with Crippen molar-refractivity contribution >= 4 is 17.5 Å². The smallest absolute Gasteiger partial charge is 0.255 e. The first-order valence-electron chi connectivity index (χ1n) is 11.6. The Balaban J connectivity index is 1.41. The van der Waals surface area contributed by atoms with Gasteiger partial charge in [0.05, 0.1) is 31.4 Å². The summed E-state index contributed by atoms with van der Waals surface area (Å²) in [7, 11) is 3.14. The molecule has 0 fully saturated rings. The van der Waals surface area contributed by atoms with Crippen LogP contribution in [0.5, 0.6) is 11.5 Å². The number of para-hydroxylation sites is 2. The first-order chi connectivity index (χ1) is 17.6. The Labute approximate surface area is 208 Å². The zero-order valence-corrected chi connectivity index (χ0v) is 20.0. The van der Waals surface area contributed by atoms with Crippen molar-refractivity contribution in [3.05, 3.63) is 90.1 Å². The van der Waals surface area contributed by atoms with Crippen molar-refractivity contribution in [1.82, 2.24) is 15.1 Å². The number of nitrogens with one attached hydrogen (secondary N) is 2. The molecule has 0 saturated heterocycles. The van der Waals surface area contributed by atoms with Gasteiger partial charge in [-0.05, 0) is 48.4 Å². The van der Waals surface area contributed by atoms with E-state index in [-0.39, 0.29) is 17.7 Å². The van der Waals surface area contributed by atoms with Crippen molar-refractivity contribution in [1.29, 1.82) is 0 Å². The highest BCUT2D eigenvalue weighted by molar-refractivity contribution is 6.03. The minimum Gasteiger partial charge on any atom is -0.493 e. The minimum atomic E-state index is -0.293. The SMILES string of the molecule is COc1ccc(-c2nn(-c3ccccc3)cc2C(=O)NCC[C@@H]2C(=O)Nc3ccccc32)cc1OC. The Morgan fingerprint density at radius 3 is 2.53 bits per heavy atom. The van der Waals surface area contributed by atoms with Crippen LogP contribution in [-0.4, -0.2) is 42.4 Å². The number of methoxy groups -OCH3 is 2. The fourth-order valence-corrected chi connectivity index (χ4v) is 4.44. The first-order valence-corrected chi connectivity index (χ1v) is 11.6. The van der Waals surface area contributed by atoms with Gasteiger partial charge in [0.1, 0.15) is 5.69 Å². The molecule has 8 heteroatoms. The van der Waals surface area contributed by atoms with Crippen molar-refractivity contribution in [2.45, 2.75) is 12.3 Å². The van der Waals surface area contributed by atoms with E-state index in [4.69, 9.17) is 14.6 Å². The molecule has 0 spiro atoms. The van der Waals surface area contributed by atoms with Crippen LogP contribution in [0.15, 0.2) is 79.0 Å². The van der Waals surface area contributed by atoms with Gasteiger partial charge >= 0.3 is 0 Å². The lowest BCUT2D eigenvalue weighted by molar-refractivity contribution is -0.117. The summed E-state index contributed by atoms with van der Waals surface area (Å²) in [6.45, 7) is 0.340. The molecular weight excluding hydrogens is 456 g/mol. The molecule has 1 atom stereocenters. The molecule has 5 rings (SSSR count). The van der Waals surface area contributed by atoms with Crippen LogP contribution in [0.2, 0.25) is 0 Å². The summed E-state index contributed by atoms with van der Waals surface area (Å²) in [4.78, 5) is 25.8. The predicted octanol–water partition coefficient (Wildman–Crippen LogP) is 4.41. The molecule has 36 heavy (non-hydrogen) atoms. The monoisotopic (exact) mass is 482 g/mol. The van der Waals surface area contributed by atoms with E-state index < -0.39 is 0 Å². The number of carbonyl (C=O) groups is 2. The second kappa shape index (κ2) is 9.95. The van der Waals surface area contributed by atoms with Crippen LogP contribution in [0.3, 0.4) is 0 Å². The highest BCUT2D eigenvalue weighted by Crippen LogP contribution is 2.35. The number of fused-ring (bicyclic) bond motifs is 1. The molecule has 2 N–H and O–H groups in total. The molecule has 8 nitrogen and oxygen atoms in total. The lowest BCUT2D eigenvalue weighted by Crippen LogP contribution is -2.27. The van der Waals surface area contributed by atoms with Crippen LogP contribution in [-0.2, 0) is 4.79 Å². The maximum Gasteiger partial charge on any atom is 0.255 e. The molecule has 1 aliphatic rings. The minimum absolute atomic E-state index is 0.0478. The standard InChI is InChI=1S/C28H26N4O4/c1-35-24-13-12-18(16-25(24)36-2)26-22(17-32(31-26)19-8-4-3-5-9-19)27(33)29-15-14-21-20-10-6-7-11-23(20)30-28(21)34/h3-13,16-17,21H,14-15H2,1-2H3,(H,29,33)(H,30,34)/t21-/m0/s1. The Hall–Kier alpha value is -4.59. The molecule has 1 aromatic heterocycles. The maximum absolute atomic E-state index is 13.3. The van der Waals surface area contributed by atoms with Gasteiger partial charge in [0.15, 0.2) is 11.5 Å². The van der Waals surface area contributed by atoms with Crippen molar-refractivity contribution in [2.75, 3.05) is 26.1 Å². The highest BCUT2D eigenvalue weighted by atomic mass is 16.5. The van der Waals surface area contributed by atoms with Crippen LogP contribution in [0.4, 0.5) is 5.69 Å². The van der Waals surface area contributed by atoms with Crippen molar-refractivity contribution in [3.8, 4) is 28.4 Å². The first kappa shape index (κ1) is 23.2. The van der Waals surface area contributed by atoms with E-state index >= 15 is 0 Å². The van der Waals surface area contributed by atoms with Crippen LogP contribution in [0.25, 0.3) is 16.9 Å². The van der Waals surface area contributed by atoms with E-state index in [2.05, 4.69) is 10.6 Å². The third kappa shape index (κ3) is 4.40. The van der Waals surface area contributed by atoms with Crippen LogP contribution in [0.1, 0.15) is 28.3 Å². The Morgan fingerprint density at radius 2 is 1.75 bits per heavy atom. The summed E-state index contributed by atoms with van der Waals surface area (Å²) in [6.07, 6.45) is 2.21. The van der Waals surface area contributed by atoms with E-state index in [0.717, 1.165) is 22.5 Å².